The number of ether oxygens (including phenoxy) is 2. The molecule has 0 aliphatic heterocycles. The first-order valence-electron chi connectivity index (χ1n) is 11.3. The van der Waals surface area contributed by atoms with E-state index >= 15 is 0 Å². The zero-order chi connectivity index (χ0) is 22.6. The van der Waals surface area contributed by atoms with Crippen molar-refractivity contribution in [2.75, 3.05) is 6.61 Å². The summed E-state index contributed by atoms with van der Waals surface area (Å²) < 4.78 is 10.9. The monoisotopic (exact) mass is 428 g/mol. The Labute approximate surface area is 183 Å². The van der Waals surface area contributed by atoms with Crippen LogP contribution in [0.5, 0.6) is 0 Å². The van der Waals surface area contributed by atoms with Gasteiger partial charge in [-0.25, -0.2) is 0 Å². The molecule has 4 aliphatic carbocycles. The molecule has 0 spiro atoms. The maximum Gasteiger partial charge on any atom is 0.303 e. The van der Waals surface area contributed by atoms with E-state index in [-0.39, 0.29) is 47.5 Å². The van der Waals surface area contributed by atoms with E-state index in [0.29, 0.717) is 24.3 Å². The van der Waals surface area contributed by atoms with Crippen molar-refractivity contribution in [3.05, 3.63) is 23.3 Å². The van der Waals surface area contributed by atoms with Crippen molar-refractivity contribution < 1.29 is 28.7 Å². The summed E-state index contributed by atoms with van der Waals surface area (Å²) in [5.74, 6) is -0.0412. The molecule has 0 radical (unpaired) electrons. The molecule has 0 aromatic rings. The molecule has 6 heteroatoms. The van der Waals surface area contributed by atoms with Crippen molar-refractivity contribution in [3.63, 3.8) is 0 Å². The van der Waals surface area contributed by atoms with Crippen LogP contribution in [0.3, 0.4) is 0 Å². The van der Waals surface area contributed by atoms with Crippen LogP contribution in [-0.2, 0) is 28.7 Å². The van der Waals surface area contributed by atoms with E-state index in [2.05, 4.69) is 13.8 Å². The van der Waals surface area contributed by atoms with Gasteiger partial charge in [0.05, 0.1) is 0 Å². The van der Waals surface area contributed by atoms with Crippen LogP contribution in [-0.4, -0.2) is 36.2 Å². The molecule has 0 saturated heterocycles. The molecule has 6 atom stereocenters. The minimum atomic E-state index is -0.471. The van der Waals surface area contributed by atoms with Crippen molar-refractivity contribution in [3.8, 4) is 0 Å². The Kier molecular flexibility index (Phi) is 5.47. The number of carbonyl (C=O) groups is 4. The number of hydrogen-bond donors (Lipinski definition) is 0. The molecule has 6 nitrogen and oxygen atoms in total. The van der Waals surface area contributed by atoms with Crippen LogP contribution < -0.4 is 0 Å². The highest BCUT2D eigenvalue weighted by Crippen LogP contribution is 2.65. The van der Waals surface area contributed by atoms with Crippen LogP contribution >= 0.6 is 0 Å². The van der Waals surface area contributed by atoms with Gasteiger partial charge < -0.3 is 9.47 Å². The van der Waals surface area contributed by atoms with E-state index in [1.54, 1.807) is 0 Å². The van der Waals surface area contributed by atoms with Gasteiger partial charge in [-0.2, -0.15) is 0 Å². The molecule has 6 unspecified atom stereocenters. The van der Waals surface area contributed by atoms with Crippen LogP contribution in [0.25, 0.3) is 0 Å². The molecule has 4 aliphatic rings. The van der Waals surface area contributed by atoms with Crippen molar-refractivity contribution >= 4 is 23.5 Å². The van der Waals surface area contributed by atoms with Crippen LogP contribution in [0.1, 0.15) is 66.2 Å². The largest absolute Gasteiger partial charge is 0.462 e. The van der Waals surface area contributed by atoms with Crippen molar-refractivity contribution in [1.29, 1.82) is 0 Å². The van der Waals surface area contributed by atoms with Crippen molar-refractivity contribution in [2.24, 2.45) is 28.6 Å². The minimum absolute atomic E-state index is 0.138. The predicted molar refractivity (Wildman–Crippen MR) is 113 cm³/mol. The third kappa shape index (κ3) is 3.58. The molecule has 0 aromatic heterocycles. The van der Waals surface area contributed by atoms with Crippen molar-refractivity contribution in [2.45, 2.75) is 72.3 Å². The first-order chi connectivity index (χ1) is 14.6. The van der Waals surface area contributed by atoms with Crippen LogP contribution in [0.2, 0.25) is 0 Å². The predicted octanol–water partition coefficient (Wildman–Crippen LogP) is 3.73. The number of rotatable bonds is 4. The highest BCUT2D eigenvalue weighted by molar-refractivity contribution is 5.99. The van der Waals surface area contributed by atoms with Gasteiger partial charge in [-0.05, 0) is 55.4 Å². The maximum atomic E-state index is 12.9. The number of esters is 2. The lowest BCUT2D eigenvalue weighted by Crippen LogP contribution is -2.57. The fourth-order valence-electron chi connectivity index (χ4n) is 7.22. The van der Waals surface area contributed by atoms with Gasteiger partial charge >= 0.3 is 11.9 Å². The summed E-state index contributed by atoms with van der Waals surface area (Å²) in [5, 5.41) is 0. The Morgan fingerprint density at radius 1 is 1.10 bits per heavy atom. The topological polar surface area (TPSA) is 86.7 Å². The second-order valence-electron chi connectivity index (χ2n) is 10.2. The number of carbonyl (C=O) groups excluding carboxylic acids is 4. The number of ketones is 2. The summed E-state index contributed by atoms with van der Waals surface area (Å²) >= 11 is 0. The van der Waals surface area contributed by atoms with Crippen LogP contribution in [0.15, 0.2) is 23.3 Å². The first kappa shape index (κ1) is 22.0. The van der Waals surface area contributed by atoms with Gasteiger partial charge in [0, 0.05) is 37.2 Å². The summed E-state index contributed by atoms with van der Waals surface area (Å²) in [5.41, 5.74) is 1.33. The zero-order valence-corrected chi connectivity index (χ0v) is 18.9. The molecular formula is C25H32O6. The molecule has 2 saturated carbocycles. The Hall–Kier alpha value is -2.24. The Morgan fingerprint density at radius 3 is 2.52 bits per heavy atom. The standard InChI is InChI=1S/C25H32O6/c1-14(26)30-13-21(29)20-8-7-19-18-6-5-16-11-17(28)9-10-24(16,3)23(18)22(31-15(2)27)12-25(19,20)4/h8,11,18-19,22-23H,5-7,9-10,12-13H2,1-4H3. The fraction of sp³-hybridized carbons (Fsp3) is 0.680. The first-order valence-corrected chi connectivity index (χ1v) is 11.3. The van der Waals surface area contributed by atoms with Crippen LogP contribution in [0, 0.1) is 28.6 Å². The van der Waals surface area contributed by atoms with Gasteiger partial charge in [0.25, 0.3) is 0 Å². The van der Waals surface area contributed by atoms with Gasteiger partial charge in [0.2, 0.25) is 0 Å². The lowest BCUT2D eigenvalue weighted by atomic mass is 9.46. The Bertz CT molecular complexity index is 898. The average molecular weight is 429 g/mol. The number of Topliss-reactive ketones (excluding diaryl/α,β-unsaturated/α-hetero) is 1. The average Bonchev–Trinajstić information content (AvgIpc) is 3.02. The highest BCUT2D eigenvalue weighted by Gasteiger charge is 2.62. The molecule has 2 fully saturated rings. The van der Waals surface area contributed by atoms with Gasteiger partial charge in [0.1, 0.15) is 6.10 Å². The third-order valence-electron chi connectivity index (χ3n) is 8.48. The summed E-state index contributed by atoms with van der Waals surface area (Å²) in [6, 6.07) is 0. The van der Waals surface area contributed by atoms with E-state index < -0.39 is 11.4 Å². The Morgan fingerprint density at radius 2 is 1.84 bits per heavy atom. The summed E-state index contributed by atoms with van der Waals surface area (Å²) in [4.78, 5) is 48.3. The van der Waals surface area contributed by atoms with Gasteiger partial charge in [-0.15, -0.1) is 0 Å². The minimum Gasteiger partial charge on any atom is -0.462 e. The normalized spacial score (nSPS) is 38.8. The number of fused-ring (bicyclic) bond motifs is 5. The van der Waals surface area contributed by atoms with E-state index in [9.17, 15) is 19.2 Å². The van der Waals surface area contributed by atoms with Gasteiger partial charge in [-0.3, -0.25) is 19.2 Å². The van der Waals surface area contributed by atoms with Crippen molar-refractivity contribution in [1.82, 2.24) is 0 Å². The second-order valence-corrected chi connectivity index (χ2v) is 10.2. The SMILES string of the molecule is CC(=O)OCC(=O)C1=CCC2C3CCC4=CC(=O)CCC4(C)C3C(OC(C)=O)CC12C. The van der Waals surface area contributed by atoms with Gasteiger partial charge in [-0.1, -0.05) is 25.5 Å². The molecule has 0 N–H and O–H groups in total. The van der Waals surface area contributed by atoms with E-state index in [4.69, 9.17) is 9.47 Å². The van der Waals surface area contributed by atoms with E-state index in [1.807, 2.05) is 12.2 Å². The Balaban J connectivity index is 1.69. The fourth-order valence-corrected chi connectivity index (χ4v) is 7.22. The third-order valence-corrected chi connectivity index (χ3v) is 8.48. The second kappa shape index (κ2) is 7.72. The zero-order valence-electron chi connectivity index (χ0n) is 18.9. The van der Waals surface area contributed by atoms with Crippen LogP contribution in [0.4, 0.5) is 0 Å². The molecule has 168 valence electrons. The molecule has 0 bridgehead atoms. The highest BCUT2D eigenvalue weighted by atomic mass is 16.5. The molecular weight excluding hydrogens is 396 g/mol. The van der Waals surface area contributed by atoms with Gasteiger partial charge in [0.15, 0.2) is 18.2 Å². The van der Waals surface area contributed by atoms with E-state index in [1.165, 1.54) is 19.4 Å². The molecule has 4 rings (SSSR count). The summed E-state index contributed by atoms with van der Waals surface area (Å²) in [6.45, 7) is 6.82. The molecule has 0 aromatic carbocycles. The quantitative estimate of drug-likeness (QED) is 0.634. The number of allylic oxidation sites excluding steroid dienone is 3. The lowest BCUT2D eigenvalue weighted by Gasteiger charge is -2.59. The number of hydrogen-bond acceptors (Lipinski definition) is 6. The molecule has 31 heavy (non-hydrogen) atoms. The van der Waals surface area contributed by atoms with E-state index in [0.717, 1.165) is 25.7 Å². The molecule has 0 amide bonds. The molecule has 0 heterocycles. The summed E-state index contributed by atoms with van der Waals surface area (Å²) in [7, 11) is 0. The maximum absolute atomic E-state index is 12.9. The smallest absolute Gasteiger partial charge is 0.303 e. The lowest BCUT2D eigenvalue weighted by molar-refractivity contribution is -0.171. The summed E-state index contributed by atoms with van der Waals surface area (Å²) in [6.07, 6.45) is 8.03.